The van der Waals surface area contributed by atoms with E-state index in [2.05, 4.69) is 100 Å². The Morgan fingerprint density at radius 3 is 2.26 bits per heavy atom. The molecule has 1 heterocycles. The number of hydrogen-bond donors (Lipinski definition) is 0. The highest BCUT2D eigenvalue weighted by Gasteiger charge is 2.14. The fourth-order valence-corrected chi connectivity index (χ4v) is 4.86. The van der Waals surface area contributed by atoms with Gasteiger partial charge in [0.1, 0.15) is 0 Å². The lowest BCUT2D eigenvalue weighted by Crippen LogP contribution is -2.27. The van der Waals surface area contributed by atoms with Crippen LogP contribution in [0.25, 0.3) is 16.8 Å². The number of nitrogens with zero attached hydrogens (tertiary/aromatic N) is 1. The molecule has 1 fully saturated rings. The van der Waals surface area contributed by atoms with E-state index in [4.69, 9.17) is 6.42 Å². The average molecular weight is 462 g/mol. The van der Waals surface area contributed by atoms with Crippen LogP contribution in [-0.2, 0) is 0 Å². The molecule has 180 valence electrons. The van der Waals surface area contributed by atoms with Crippen LogP contribution in [0.5, 0.6) is 0 Å². The van der Waals surface area contributed by atoms with E-state index in [1.165, 1.54) is 52.7 Å². The zero-order valence-corrected chi connectivity index (χ0v) is 22.2. The van der Waals surface area contributed by atoms with Gasteiger partial charge in [-0.15, -0.1) is 6.42 Å². The van der Waals surface area contributed by atoms with Crippen molar-refractivity contribution < 1.29 is 0 Å². The van der Waals surface area contributed by atoms with E-state index in [0.717, 1.165) is 41.1 Å². The Labute approximate surface area is 213 Å². The second-order valence-electron chi connectivity index (χ2n) is 9.65. The van der Waals surface area contributed by atoms with E-state index >= 15 is 0 Å². The van der Waals surface area contributed by atoms with Crippen molar-refractivity contribution in [2.45, 2.75) is 53.9 Å². The first kappa shape index (κ1) is 26.1. The standard InChI is InChI=1S/C34H39N/c1-9-14-34(32-16-15-24(3)30(10-2)23-32)28(7)25(4)21-26(5)33-18-17-31(22-27(33)6)29(8)35-19-12-11-13-20-35/h2,9,14-18,21-23H,1,8,11-13,19-20H2,3-7H3/b26-21+,28-25+,34-14+. The third kappa shape index (κ3) is 6.14. The Bertz CT molecular complexity index is 1250. The van der Waals surface area contributed by atoms with Crippen molar-refractivity contribution in [2.24, 2.45) is 0 Å². The number of piperidine rings is 1. The van der Waals surface area contributed by atoms with Gasteiger partial charge in [-0.2, -0.15) is 0 Å². The predicted molar refractivity (Wildman–Crippen MR) is 155 cm³/mol. The maximum Gasteiger partial charge on any atom is 0.0366 e. The highest BCUT2D eigenvalue weighted by Crippen LogP contribution is 2.30. The molecule has 0 unspecified atom stereocenters. The van der Waals surface area contributed by atoms with Crippen LogP contribution in [0.1, 0.15) is 73.4 Å². The van der Waals surface area contributed by atoms with Gasteiger partial charge in [-0.25, -0.2) is 0 Å². The summed E-state index contributed by atoms with van der Waals surface area (Å²) in [6.45, 7) is 21.3. The molecule has 2 aromatic carbocycles. The maximum absolute atomic E-state index is 5.73. The zero-order valence-electron chi connectivity index (χ0n) is 22.2. The topological polar surface area (TPSA) is 3.24 Å². The Morgan fingerprint density at radius 2 is 1.63 bits per heavy atom. The summed E-state index contributed by atoms with van der Waals surface area (Å²) in [6.07, 6.45) is 15.8. The highest BCUT2D eigenvalue weighted by atomic mass is 15.1. The van der Waals surface area contributed by atoms with Crippen molar-refractivity contribution in [3.8, 4) is 12.3 Å². The molecule has 0 spiro atoms. The molecule has 1 nitrogen and oxygen atoms in total. The van der Waals surface area contributed by atoms with Crippen LogP contribution in [-0.4, -0.2) is 18.0 Å². The SMILES string of the molecule is C#Cc1cc(C(=C/C=C)/C(C)=C(C)/C=C(\C)c2ccc(C(=C)N3CCCCC3)cc2C)ccc1C. The smallest absolute Gasteiger partial charge is 0.0366 e. The minimum absolute atomic E-state index is 0.927. The van der Waals surface area contributed by atoms with E-state index in [-0.39, 0.29) is 0 Å². The summed E-state index contributed by atoms with van der Waals surface area (Å²) in [6, 6.07) is 13.1. The van der Waals surface area contributed by atoms with Gasteiger partial charge in [-0.1, -0.05) is 61.6 Å². The molecular weight excluding hydrogens is 422 g/mol. The summed E-state index contributed by atoms with van der Waals surface area (Å²) >= 11 is 0. The number of aryl methyl sites for hydroxylation is 2. The second kappa shape index (κ2) is 11.8. The van der Waals surface area contributed by atoms with E-state index in [9.17, 15) is 0 Å². The lowest BCUT2D eigenvalue weighted by molar-refractivity contribution is 0.326. The molecule has 0 atom stereocenters. The van der Waals surface area contributed by atoms with Crippen LogP contribution in [0.4, 0.5) is 0 Å². The summed E-state index contributed by atoms with van der Waals surface area (Å²) in [5, 5.41) is 0. The number of hydrogen-bond acceptors (Lipinski definition) is 1. The van der Waals surface area contributed by atoms with Crippen molar-refractivity contribution in [3.63, 3.8) is 0 Å². The fraction of sp³-hybridized carbons (Fsp3) is 0.294. The Morgan fingerprint density at radius 1 is 0.943 bits per heavy atom. The Hall–Kier alpha value is -3.50. The van der Waals surface area contributed by atoms with Gasteiger partial charge in [0.05, 0.1) is 0 Å². The number of benzene rings is 2. The van der Waals surface area contributed by atoms with Gasteiger partial charge in [0.2, 0.25) is 0 Å². The van der Waals surface area contributed by atoms with Gasteiger partial charge in [0.25, 0.3) is 0 Å². The van der Waals surface area contributed by atoms with E-state index in [1.54, 1.807) is 0 Å². The van der Waals surface area contributed by atoms with Crippen molar-refractivity contribution in [3.05, 3.63) is 112 Å². The molecule has 0 aliphatic carbocycles. The van der Waals surface area contributed by atoms with Crippen LogP contribution in [0.3, 0.4) is 0 Å². The average Bonchev–Trinajstić information content (AvgIpc) is 2.87. The maximum atomic E-state index is 5.73. The van der Waals surface area contributed by atoms with Gasteiger partial charge in [-0.05, 0) is 116 Å². The number of likely N-dealkylation sites (tertiary alicyclic amines) is 1. The highest BCUT2D eigenvalue weighted by molar-refractivity contribution is 5.83. The quantitative estimate of drug-likeness (QED) is 0.294. The molecule has 0 radical (unpaired) electrons. The first-order chi connectivity index (χ1) is 16.8. The van der Waals surface area contributed by atoms with Crippen LogP contribution in [0.2, 0.25) is 0 Å². The van der Waals surface area contributed by atoms with E-state index < -0.39 is 0 Å². The predicted octanol–water partition coefficient (Wildman–Crippen LogP) is 8.75. The molecule has 1 aliphatic heterocycles. The lowest BCUT2D eigenvalue weighted by Gasteiger charge is -2.30. The summed E-state index contributed by atoms with van der Waals surface area (Å²) in [5.74, 6) is 2.80. The monoisotopic (exact) mass is 461 g/mol. The zero-order chi connectivity index (χ0) is 25.5. The molecule has 0 saturated carbocycles. The van der Waals surface area contributed by atoms with Crippen molar-refractivity contribution in [1.82, 2.24) is 4.90 Å². The molecule has 35 heavy (non-hydrogen) atoms. The summed E-state index contributed by atoms with van der Waals surface area (Å²) < 4.78 is 0. The molecule has 0 aromatic heterocycles. The second-order valence-corrected chi connectivity index (χ2v) is 9.65. The first-order valence-electron chi connectivity index (χ1n) is 12.6. The lowest BCUT2D eigenvalue weighted by atomic mass is 9.91. The third-order valence-corrected chi connectivity index (χ3v) is 7.14. The van der Waals surface area contributed by atoms with Gasteiger partial charge in [-0.3, -0.25) is 0 Å². The van der Waals surface area contributed by atoms with E-state index in [1.807, 2.05) is 13.0 Å². The molecule has 0 N–H and O–H groups in total. The molecule has 1 saturated heterocycles. The Kier molecular flexibility index (Phi) is 8.78. The fourth-order valence-electron chi connectivity index (χ4n) is 4.86. The molecule has 0 bridgehead atoms. The van der Waals surface area contributed by atoms with Crippen molar-refractivity contribution in [1.29, 1.82) is 0 Å². The van der Waals surface area contributed by atoms with E-state index in [0.29, 0.717) is 0 Å². The van der Waals surface area contributed by atoms with Crippen LogP contribution < -0.4 is 0 Å². The third-order valence-electron chi connectivity index (χ3n) is 7.14. The normalized spacial score (nSPS) is 15.4. The minimum Gasteiger partial charge on any atom is -0.372 e. The molecule has 3 rings (SSSR count). The number of terminal acetylenes is 1. The number of rotatable bonds is 7. The largest absolute Gasteiger partial charge is 0.372 e. The molecule has 1 heteroatoms. The molecule has 1 aliphatic rings. The van der Waals surface area contributed by atoms with Crippen molar-refractivity contribution in [2.75, 3.05) is 13.1 Å². The summed E-state index contributed by atoms with van der Waals surface area (Å²) in [4.78, 5) is 2.43. The molecular formula is C34H39N. The van der Waals surface area contributed by atoms with Crippen molar-refractivity contribution >= 4 is 16.8 Å². The van der Waals surface area contributed by atoms with Gasteiger partial charge < -0.3 is 4.90 Å². The van der Waals surface area contributed by atoms with Crippen LogP contribution >= 0.6 is 0 Å². The summed E-state index contributed by atoms with van der Waals surface area (Å²) in [7, 11) is 0. The van der Waals surface area contributed by atoms with Gasteiger partial charge in [0, 0.05) is 24.4 Å². The van der Waals surface area contributed by atoms with Gasteiger partial charge in [0.15, 0.2) is 0 Å². The summed E-state index contributed by atoms with van der Waals surface area (Å²) in [5.41, 5.74) is 12.9. The minimum atomic E-state index is 0.927. The van der Waals surface area contributed by atoms with Crippen LogP contribution in [0, 0.1) is 26.2 Å². The van der Waals surface area contributed by atoms with Gasteiger partial charge >= 0.3 is 0 Å². The molecule has 0 amide bonds. The number of allylic oxidation sites excluding steroid dienone is 7. The van der Waals surface area contributed by atoms with Crippen LogP contribution in [0.15, 0.2) is 78.9 Å². The molecule has 2 aromatic rings. The first-order valence-corrected chi connectivity index (χ1v) is 12.6. The Balaban J connectivity index is 1.91.